The fraction of sp³-hybridized carbons (Fsp3) is 0.318. The SMILES string of the molecule is CN1CCC(C(O)(c2ccccc2)c2cccc(Cl)n2)CC1.O=C(O)/C=C/C(=O)O. The maximum atomic E-state index is 11.6. The molecule has 30 heavy (non-hydrogen) atoms. The zero-order chi connectivity index (χ0) is 22.1. The first-order valence-corrected chi connectivity index (χ1v) is 9.84. The minimum absolute atomic E-state index is 0.136. The minimum atomic E-state index is -1.26. The van der Waals surface area contributed by atoms with E-state index in [4.69, 9.17) is 21.8 Å². The van der Waals surface area contributed by atoms with E-state index in [0.29, 0.717) is 23.0 Å². The lowest BCUT2D eigenvalue weighted by Crippen LogP contribution is -2.43. The van der Waals surface area contributed by atoms with Gasteiger partial charge in [0, 0.05) is 18.1 Å². The lowest BCUT2D eigenvalue weighted by Gasteiger charge is -2.40. The number of rotatable bonds is 5. The monoisotopic (exact) mass is 432 g/mol. The van der Waals surface area contributed by atoms with Gasteiger partial charge in [0.25, 0.3) is 0 Å². The zero-order valence-corrected chi connectivity index (χ0v) is 17.4. The smallest absolute Gasteiger partial charge is 0.328 e. The molecule has 1 aliphatic heterocycles. The number of halogens is 1. The maximum absolute atomic E-state index is 11.6. The maximum Gasteiger partial charge on any atom is 0.328 e. The molecule has 1 aromatic heterocycles. The molecule has 160 valence electrons. The van der Waals surface area contributed by atoms with Crippen molar-refractivity contribution in [3.8, 4) is 0 Å². The number of benzene rings is 1. The molecule has 1 aliphatic rings. The Hall–Kier alpha value is -2.74. The Balaban J connectivity index is 0.000000343. The molecule has 7 nitrogen and oxygen atoms in total. The van der Waals surface area contributed by atoms with Gasteiger partial charge in [-0.3, -0.25) is 0 Å². The van der Waals surface area contributed by atoms with E-state index < -0.39 is 17.5 Å². The summed E-state index contributed by atoms with van der Waals surface area (Å²) in [4.78, 5) is 25.8. The molecule has 0 aliphatic carbocycles. The van der Waals surface area contributed by atoms with Crippen LogP contribution in [0.25, 0.3) is 0 Å². The van der Waals surface area contributed by atoms with Crippen LogP contribution in [0.1, 0.15) is 24.1 Å². The largest absolute Gasteiger partial charge is 0.478 e. The van der Waals surface area contributed by atoms with Crippen LogP contribution in [0.2, 0.25) is 5.15 Å². The molecule has 1 saturated heterocycles. The number of carboxylic acids is 2. The van der Waals surface area contributed by atoms with E-state index in [-0.39, 0.29) is 5.92 Å². The molecule has 1 unspecified atom stereocenters. The highest BCUT2D eigenvalue weighted by molar-refractivity contribution is 6.29. The van der Waals surface area contributed by atoms with Crippen molar-refractivity contribution >= 4 is 23.5 Å². The van der Waals surface area contributed by atoms with Gasteiger partial charge in [-0.15, -0.1) is 0 Å². The number of hydrogen-bond acceptors (Lipinski definition) is 5. The highest BCUT2D eigenvalue weighted by Gasteiger charge is 2.42. The highest BCUT2D eigenvalue weighted by atomic mass is 35.5. The Kier molecular flexibility index (Phi) is 8.53. The van der Waals surface area contributed by atoms with E-state index in [1.807, 2.05) is 42.5 Å². The van der Waals surface area contributed by atoms with Gasteiger partial charge >= 0.3 is 11.9 Å². The summed E-state index contributed by atoms with van der Waals surface area (Å²) in [5, 5.41) is 27.7. The Morgan fingerprint density at radius 1 is 1.03 bits per heavy atom. The quantitative estimate of drug-likeness (QED) is 0.492. The molecule has 2 heterocycles. The zero-order valence-electron chi connectivity index (χ0n) is 16.6. The van der Waals surface area contributed by atoms with Crippen molar-refractivity contribution in [1.82, 2.24) is 9.88 Å². The van der Waals surface area contributed by atoms with Crippen LogP contribution in [-0.2, 0) is 15.2 Å². The fourth-order valence-electron chi connectivity index (χ4n) is 3.47. The summed E-state index contributed by atoms with van der Waals surface area (Å²) >= 11 is 6.07. The molecular weight excluding hydrogens is 408 g/mol. The van der Waals surface area contributed by atoms with E-state index in [1.54, 1.807) is 6.07 Å². The molecule has 1 fully saturated rings. The lowest BCUT2D eigenvalue weighted by atomic mass is 9.74. The van der Waals surface area contributed by atoms with Crippen molar-refractivity contribution in [3.63, 3.8) is 0 Å². The first-order chi connectivity index (χ1) is 14.2. The molecule has 1 aromatic carbocycles. The van der Waals surface area contributed by atoms with Crippen molar-refractivity contribution in [2.75, 3.05) is 20.1 Å². The van der Waals surface area contributed by atoms with Crippen LogP contribution in [0.15, 0.2) is 60.7 Å². The summed E-state index contributed by atoms with van der Waals surface area (Å²) < 4.78 is 0. The van der Waals surface area contributed by atoms with E-state index in [2.05, 4.69) is 16.9 Å². The number of carboxylic acid groups (broad SMARTS) is 2. The molecule has 8 heteroatoms. The summed E-state index contributed by atoms with van der Waals surface area (Å²) in [6, 6.07) is 15.3. The van der Waals surface area contributed by atoms with Crippen LogP contribution in [0.4, 0.5) is 0 Å². The molecule has 3 N–H and O–H groups in total. The lowest BCUT2D eigenvalue weighted by molar-refractivity contribution is -0.134. The van der Waals surface area contributed by atoms with E-state index in [0.717, 1.165) is 31.5 Å². The molecule has 0 radical (unpaired) electrons. The van der Waals surface area contributed by atoms with Gasteiger partial charge in [0.1, 0.15) is 10.8 Å². The third kappa shape index (κ3) is 6.38. The van der Waals surface area contributed by atoms with Crippen LogP contribution in [0, 0.1) is 5.92 Å². The number of aliphatic carboxylic acids is 2. The Labute approximate surface area is 180 Å². The second-order valence-electron chi connectivity index (χ2n) is 7.07. The first-order valence-electron chi connectivity index (χ1n) is 9.47. The van der Waals surface area contributed by atoms with Gasteiger partial charge in [-0.25, -0.2) is 14.6 Å². The van der Waals surface area contributed by atoms with E-state index >= 15 is 0 Å². The molecular formula is C22H25ClN2O5. The predicted octanol–water partition coefficient (Wildman–Crippen LogP) is 3.02. The number of aliphatic hydroxyl groups is 1. The Morgan fingerprint density at radius 2 is 1.60 bits per heavy atom. The Morgan fingerprint density at radius 3 is 2.10 bits per heavy atom. The Bertz CT molecular complexity index is 866. The normalized spacial score (nSPS) is 17.0. The fourth-order valence-corrected chi connectivity index (χ4v) is 3.64. The van der Waals surface area contributed by atoms with E-state index in [1.165, 1.54) is 0 Å². The minimum Gasteiger partial charge on any atom is -0.478 e. The van der Waals surface area contributed by atoms with Gasteiger partial charge in [-0.2, -0.15) is 0 Å². The topological polar surface area (TPSA) is 111 Å². The van der Waals surface area contributed by atoms with Crippen molar-refractivity contribution in [3.05, 3.63) is 77.1 Å². The second-order valence-corrected chi connectivity index (χ2v) is 7.45. The standard InChI is InChI=1S/C18H21ClN2O.C4H4O4/c1-21-12-10-15(11-13-21)18(22,14-6-3-2-4-7-14)16-8-5-9-17(19)20-16;5-3(6)1-2-4(7)8/h2-9,15,22H,10-13H2,1H3;1-2H,(H,5,6)(H,7,8)/b;2-1+. The van der Waals surface area contributed by atoms with E-state index in [9.17, 15) is 14.7 Å². The predicted molar refractivity (Wildman–Crippen MR) is 113 cm³/mol. The summed E-state index contributed by atoms with van der Waals surface area (Å²) in [7, 11) is 2.12. The number of piperidine rings is 1. The van der Waals surface area contributed by atoms with Crippen molar-refractivity contribution < 1.29 is 24.9 Å². The molecule has 1 atom stereocenters. The second kappa shape index (κ2) is 10.9. The number of aromatic nitrogens is 1. The molecule has 0 bridgehead atoms. The molecule has 2 aromatic rings. The van der Waals surface area contributed by atoms with Crippen LogP contribution in [-0.4, -0.2) is 57.3 Å². The summed E-state index contributed by atoms with van der Waals surface area (Å²) in [5.74, 6) is -2.38. The van der Waals surface area contributed by atoms with Gasteiger partial charge in [0.05, 0.1) is 5.69 Å². The third-order valence-corrected chi connectivity index (χ3v) is 5.21. The van der Waals surface area contributed by atoms with Crippen LogP contribution < -0.4 is 0 Å². The van der Waals surface area contributed by atoms with Crippen LogP contribution >= 0.6 is 11.6 Å². The summed E-state index contributed by atoms with van der Waals surface area (Å²) in [5.41, 5.74) is 0.438. The van der Waals surface area contributed by atoms with Crippen molar-refractivity contribution in [1.29, 1.82) is 0 Å². The van der Waals surface area contributed by atoms with Gasteiger partial charge in [-0.1, -0.05) is 48.0 Å². The highest BCUT2D eigenvalue weighted by Crippen LogP contribution is 2.41. The number of hydrogen-bond donors (Lipinski definition) is 3. The summed E-state index contributed by atoms with van der Waals surface area (Å²) in [6.45, 7) is 1.97. The average Bonchev–Trinajstić information content (AvgIpc) is 2.73. The molecule has 0 spiro atoms. The van der Waals surface area contributed by atoms with Gasteiger partial charge in [-0.05, 0) is 50.7 Å². The molecule has 0 amide bonds. The van der Waals surface area contributed by atoms with Crippen molar-refractivity contribution in [2.45, 2.75) is 18.4 Å². The number of likely N-dealkylation sites (tertiary alicyclic amines) is 1. The number of nitrogens with zero attached hydrogens (tertiary/aromatic N) is 2. The van der Waals surface area contributed by atoms with Gasteiger partial charge < -0.3 is 20.2 Å². The molecule has 3 rings (SSSR count). The van der Waals surface area contributed by atoms with Gasteiger partial charge in [0.15, 0.2) is 0 Å². The number of pyridine rings is 1. The van der Waals surface area contributed by atoms with Crippen molar-refractivity contribution in [2.24, 2.45) is 5.92 Å². The third-order valence-electron chi connectivity index (χ3n) is 5.00. The van der Waals surface area contributed by atoms with Crippen LogP contribution in [0.5, 0.6) is 0 Å². The average molecular weight is 433 g/mol. The first kappa shape index (κ1) is 23.5. The van der Waals surface area contributed by atoms with Crippen LogP contribution in [0.3, 0.4) is 0 Å². The van der Waals surface area contributed by atoms with Gasteiger partial charge in [0.2, 0.25) is 0 Å². The summed E-state index contributed by atoms with van der Waals surface area (Å²) in [6.07, 6.45) is 3.00. The molecule has 0 saturated carbocycles. The number of carbonyl (C=O) groups is 2.